The van der Waals surface area contributed by atoms with Gasteiger partial charge in [0.2, 0.25) is 0 Å². The smallest absolute Gasteiger partial charge is 0.0462 e. The van der Waals surface area contributed by atoms with Gasteiger partial charge in [0, 0.05) is 6.61 Å². The van der Waals surface area contributed by atoms with E-state index in [1.165, 1.54) is 19.3 Å². The fourth-order valence-corrected chi connectivity index (χ4v) is 3.71. The summed E-state index contributed by atoms with van der Waals surface area (Å²) in [6.45, 7) is 7.59. The minimum atomic E-state index is 0.406. The van der Waals surface area contributed by atoms with Gasteiger partial charge in [-0.05, 0) is 41.9 Å². The van der Waals surface area contributed by atoms with Crippen LogP contribution in [-0.4, -0.2) is 11.7 Å². The molecule has 1 nitrogen and oxygen atoms in total. The maximum Gasteiger partial charge on any atom is 0.0462 e. The molecule has 0 amide bonds. The molecule has 0 aromatic rings. The average Bonchev–Trinajstić information content (AvgIpc) is 2.33. The zero-order valence-corrected chi connectivity index (χ0v) is 8.43. The molecule has 3 atom stereocenters. The summed E-state index contributed by atoms with van der Waals surface area (Å²) < 4.78 is 0. The Hall–Kier alpha value is -0.0400. The molecule has 0 radical (unpaired) electrons. The van der Waals surface area contributed by atoms with Crippen LogP contribution in [0, 0.1) is 22.7 Å². The Labute approximate surface area is 75.2 Å². The monoisotopic (exact) mass is 168 g/mol. The lowest BCUT2D eigenvalue weighted by molar-refractivity contribution is 0.149. The number of hydrogen-bond donors (Lipinski definition) is 1. The van der Waals surface area contributed by atoms with Crippen LogP contribution in [-0.2, 0) is 0 Å². The van der Waals surface area contributed by atoms with E-state index in [9.17, 15) is 5.11 Å². The summed E-state index contributed by atoms with van der Waals surface area (Å²) in [7, 11) is 0. The standard InChI is InChI=1S/C11H20O/c1-10(2)9-4-5-11(10,3)6-8(9)7-12/h8-9,12H,4-7H2,1-3H3. The molecule has 0 aromatic carbocycles. The molecule has 0 aliphatic heterocycles. The van der Waals surface area contributed by atoms with Crippen molar-refractivity contribution < 1.29 is 5.11 Å². The zero-order valence-electron chi connectivity index (χ0n) is 8.43. The van der Waals surface area contributed by atoms with Gasteiger partial charge in [-0.15, -0.1) is 0 Å². The van der Waals surface area contributed by atoms with Crippen molar-refractivity contribution in [3.8, 4) is 0 Å². The molecule has 2 bridgehead atoms. The number of aliphatic hydroxyl groups excluding tert-OH is 1. The number of rotatable bonds is 1. The van der Waals surface area contributed by atoms with Crippen molar-refractivity contribution in [3.63, 3.8) is 0 Å². The Morgan fingerprint density at radius 1 is 1.33 bits per heavy atom. The van der Waals surface area contributed by atoms with Crippen LogP contribution in [0.5, 0.6) is 0 Å². The fraction of sp³-hybridized carbons (Fsp3) is 1.00. The summed E-state index contributed by atoms with van der Waals surface area (Å²) in [6.07, 6.45) is 3.97. The third kappa shape index (κ3) is 0.783. The lowest BCUT2D eigenvalue weighted by Crippen LogP contribution is -2.26. The zero-order chi connectivity index (χ0) is 8.98. The molecule has 2 fully saturated rings. The predicted octanol–water partition coefficient (Wildman–Crippen LogP) is 2.44. The second-order valence-corrected chi connectivity index (χ2v) is 5.57. The van der Waals surface area contributed by atoms with E-state index in [1.807, 2.05) is 0 Å². The molecule has 0 aromatic heterocycles. The largest absolute Gasteiger partial charge is 0.396 e. The average molecular weight is 168 g/mol. The van der Waals surface area contributed by atoms with E-state index >= 15 is 0 Å². The summed E-state index contributed by atoms with van der Waals surface area (Å²) in [6, 6.07) is 0. The Kier molecular flexibility index (Phi) is 1.61. The van der Waals surface area contributed by atoms with E-state index in [-0.39, 0.29) is 0 Å². The summed E-state index contributed by atoms with van der Waals surface area (Å²) >= 11 is 0. The number of aliphatic hydroxyl groups is 1. The molecule has 3 unspecified atom stereocenters. The van der Waals surface area contributed by atoms with Gasteiger partial charge >= 0.3 is 0 Å². The van der Waals surface area contributed by atoms with Crippen LogP contribution in [0.2, 0.25) is 0 Å². The van der Waals surface area contributed by atoms with E-state index in [4.69, 9.17) is 0 Å². The van der Waals surface area contributed by atoms with Crippen molar-refractivity contribution in [2.75, 3.05) is 6.61 Å². The molecule has 2 aliphatic carbocycles. The SMILES string of the molecule is CC12CCC(C(CO)C1)C2(C)C. The highest BCUT2D eigenvalue weighted by molar-refractivity contribution is 5.09. The molecule has 2 aliphatic rings. The van der Waals surface area contributed by atoms with E-state index in [0.29, 0.717) is 23.4 Å². The quantitative estimate of drug-likeness (QED) is 0.637. The molecule has 12 heavy (non-hydrogen) atoms. The molecule has 1 heteroatoms. The molecule has 0 saturated heterocycles. The van der Waals surface area contributed by atoms with Crippen LogP contribution in [0.3, 0.4) is 0 Å². The van der Waals surface area contributed by atoms with Crippen molar-refractivity contribution in [2.45, 2.75) is 40.0 Å². The minimum absolute atomic E-state index is 0.406. The van der Waals surface area contributed by atoms with Gasteiger partial charge in [-0.2, -0.15) is 0 Å². The van der Waals surface area contributed by atoms with Gasteiger partial charge in [-0.1, -0.05) is 20.8 Å². The highest BCUT2D eigenvalue weighted by Crippen LogP contribution is 2.67. The summed E-state index contributed by atoms with van der Waals surface area (Å²) in [4.78, 5) is 0. The summed E-state index contributed by atoms with van der Waals surface area (Å²) in [5.41, 5.74) is 0.992. The molecule has 0 heterocycles. The lowest BCUT2D eigenvalue weighted by Gasteiger charge is -2.34. The normalized spacial score (nSPS) is 50.0. The van der Waals surface area contributed by atoms with Gasteiger partial charge < -0.3 is 5.11 Å². The lowest BCUT2D eigenvalue weighted by atomic mass is 9.71. The maximum atomic E-state index is 9.23. The Morgan fingerprint density at radius 3 is 2.25 bits per heavy atom. The van der Waals surface area contributed by atoms with E-state index in [2.05, 4.69) is 20.8 Å². The molecule has 0 spiro atoms. The van der Waals surface area contributed by atoms with Gasteiger partial charge in [0.15, 0.2) is 0 Å². The van der Waals surface area contributed by atoms with Gasteiger partial charge in [0.25, 0.3) is 0 Å². The van der Waals surface area contributed by atoms with Crippen LogP contribution in [0.15, 0.2) is 0 Å². The first kappa shape index (κ1) is 8.55. The Morgan fingerprint density at radius 2 is 2.00 bits per heavy atom. The number of fused-ring (bicyclic) bond motifs is 2. The second kappa shape index (κ2) is 2.25. The van der Waals surface area contributed by atoms with Gasteiger partial charge in [0.05, 0.1) is 0 Å². The van der Waals surface area contributed by atoms with Crippen LogP contribution >= 0.6 is 0 Å². The van der Waals surface area contributed by atoms with Crippen LogP contribution in [0.25, 0.3) is 0 Å². The van der Waals surface area contributed by atoms with Gasteiger partial charge in [-0.3, -0.25) is 0 Å². The van der Waals surface area contributed by atoms with Crippen molar-refractivity contribution in [1.82, 2.24) is 0 Å². The molecular weight excluding hydrogens is 148 g/mol. The molecule has 1 N–H and O–H groups in total. The van der Waals surface area contributed by atoms with Crippen molar-refractivity contribution in [2.24, 2.45) is 22.7 Å². The second-order valence-electron chi connectivity index (χ2n) is 5.57. The van der Waals surface area contributed by atoms with E-state index in [1.54, 1.807) is 0 Å². The van der Waals surface area contributed by atoms with Gasteiger partial charge in [0.1, 0.15) is 0 Å². The topological polar surface area (TPSA) is 20.2 Å². The van der Waals surface area contributed by atoms with Crippen molar-refractivity contribution in [3.05, 3.63) is 0 Å². The third-order valence-electron chi connectivity index (χ3n) is 5.01. The highest BCUT2D eigenvalue weighted by atomic mass is 16.3. The van der Waals surface area contributed by atoms with Crippen molar-refractivity contribution in [1.29, 1.82) is 0 Å². The highest BCUT2D eigenvalue weighted by Gasteiger charge is 2.59. The third-order valence-corrected chi connectivity index (χ3v) is 5.01. The predicted molar refractivity (Wildman–Crippen MR) is 49.8 cm³/mol. The van der Waals surface area contributed by atoms with Crippen LogP contribution in [0.4, 0.5) is 0 Å². The first-order valence-corrected chi connectivity index (χ1v) is 5.12. The van der Waals surface area contributed by atoms with Crippen LogP contribution in [0.1, 0.15) is 40.0 Å². The Balaban J connectivity index is 2.30. The molecule has 2 rings (SSSR count). The minimum Gasteiger partial charge on any atom is -0.396 e. The van der Waals surface area contributed by atoms with E-state index < -0.39 is 0 Å². The first-order chi connectivity index (χ1) is 5.51. The summed E-state index contributed by atoms with van der Waals surface area (Å²) in [5.74, 6) is 1.38. The molecular formula is C11H20O. The van der Waals surface area contributed by atoms with Crippen LogP contribution < -0.4 is 0 Å². The van der Waals surface area contributed by atoms with Gasteiger partial charge in [-0.25, -0.2) is 0 Å². The molecule has 70 valence electrons. The first-order valence-electron chi connectivity index (χ1n) is 5.12. The summed E-state index contributed by atoms with van der Waals surface area (Å²) in [5, 5.41) is 9.23. The Bertz CT molecular complexity index is 194. The number of hydrogen-bond acceptors (Lipinski definition) is 1. The van der Waals surface area contributed by atoms with Crippen molar-refractivity contribution >= 4 is 0 Å². The van der Waals surface area contributed by atoms with E-state index in [0.717, 1.165) is 5.92 Å². The fourth-order valence-electron chi connectivity index (χ4n) is 3.71. The maximum absolute atomic E-state index is 9.23. The molecule has 2 saturated carbocycles.